The Balaban J connectivity index is 0.00000320. The minimum atomic E-state index is 0. The van der Waals surface area contributed by atoms with E-state index in [-0.39, 0.29) is 30.1 Å². The number of ether oxygens (including phenoxy) is 2. The SMILES string of the molecule is CN=C(NCc1ccc(OC(C)C)cc1)NCC(c1cccs1)N1CCOCC1.I. The van der Waals surface area contributed by atoms with E-state index in [4.69, 9.17) is 9.47 Å². The molecule has 1 aliphatic heterocycles. The predicted octanol–water partition coefficient (Wildman–Crippen LogP) is 3.89. The van der Waals surface area contributed by atoms with Gasteiger partial charge in [-0.1, -0.05) is 18.2 Å². The smallest absolute Gasteiger partial charge is 0.191 e. The van der Waals surface area contributed by atoms with Crippen LogP contribution >= 0.6 is 35.3 Å². The monoisotopic (exact) mass is 544 g/mol. The molecule has 2 aromatic rings. The van der Waals surface area contributed by atoms with Crippen molar-refractivity contribution in [3.63, 3.8) is 0 Å². The molecular weight excluding hydrogens is 511 g/mol. The fourth-order valence-corrected chi connectivity index (χ4v) is 4.20. The van der Waals surface area contributed by atoms with Gasteiger partial charge in [0.15, 0.2) is 5.96 Å². The van der Waals surface area contributed by atoms with Crippen LogP contribution in [-0.2, 0) is 11.3 Å². The van der Waals surface area contributed by atoms with Gasteiger partial charge >= 0.3 is 0 Å². The lowest BCUT2D eigenvalue weighted by molar-refractivity contribution is 0.0177. The molecule has 0 saturated carbocycles. The minimum absolute atomic E-state index is 0. The summed E-state index contributed by atoms with van der Waals surface area (Å²) in [5, 5.41) is 9.05. The first-order valence-electron chi connectivity index (χ1n) is 10.2. The van der Waals surface area contributed by atoms with Crippen molar-refractivity contribution in [2.75, 3.05) is 39.9 Å². The molecule has 1 aliphatic rings. The second-order valence-electron chi connectivity index (χ2n) is 7.30. The molecule has 1 saturated heterocycles. The van der Waals surface area contributed by atoms with E-state index in [2.05, 4.69) is 50.2 Å². The standard InChI is InChI=1S/C22H32N4O2S.HI/c1-17(2)28-19-8-6-18(7-9-19)15-24-22(23-3)25-16-20(21-5-4-14-29-21)26-10-12-27-13-11-26;/h4-9,14,17,20H,10-13,15-16H2,1-3H3,(H2,23,24,25);1H. The number of aliphatic imine (C=N–C) groups is 1. The lowest BCUT2D eigenvalue weighted by atomic mass is 10.2. The van der Waals surface area contributed by atoms with Crippen molar-refractivity contribution in [2.24, 2.45) is 4.99 Å². The molecule has 3 rings (SSSR count). The van der Waals surface area contributed by atoms with Gasteiger partial charge in [0.05, 0.1) is 25.4 Å². The molecular formula is C22H33IN4O2S. The second kappa shape index (κ2) is 13.1. The van der Waals surface area contributed by atoms with Crippen LogP contribution in [0.5, 0.6) is 5.75 Å². The van der Waals surface area contributed by atoms with Crippen molar-refractivity contribution in [3.8, 4) is 5.75 Å². The zero-order chi connectivity index (χ0) is 20.5. The average Bonchev–Trinajstić information content (AvgIpc) is 3.26. The third-order valence-electron chi connectivity index (χ3n) is 4.80. The van der Waals surface area contributed by atoms with Gasteiger partial charge in [-0.3, -0.25) is 9.89 Å². The van der Waals surface area contributed by atoms with Crippen molar-refractivity contribution < 1.29 is 9.47 Å². The van der Waals surface area contributed by atoms with Gasteiger partial charge in [0, 0.05) is 38.1 Å². The predicted molar refractivity (Wildman–Crippen MR) is 135 cm³/mol. The summed E-state index contributed by atoms with van der Waals surface area (Å²) in [7, 11) is 1.81. The van der Waals surface area contributed by atoms with Crippen LogP contribution in [0.15, 0.2) is 46.8 Å². The molecule has 30 heavy (non-hydrogen) atoms. The highest BCUT2D eigenvalue weighted by Gasteiger charge is 2.23. The van der Waals surface area contributed by atoms with Crippen LogP contribution in [0.1, 0.15) is 30.3 Å². The molecule has 1 atom stereocenters. The largest absolute Gasteiger partial charge is 0.491 e. The number of nitrogens with one attached hydrogen (secondary N) is 2. The Morgan fingerprint density at radius 2 is 1.90 bits per heavy atom. The zero-order valence-electron chi connectivity index (χ0n) is 18.0. The number of benzene rings is 1. The molecule has 8 heteroatoms. The van der Waals surface area contributed by atoms with Crippen LogP contribution in [0, 0.1) is 0 Å². The number of morpholine rings is 1. The van der Waals surface area contributed by atoms with E-state index in [0.29, 0.717) is 12.6 Å². The summed E-state index contributed by atoms with van der Waals surface area (Å²) in [6.45, 7) is 9.10. The van der Waals surface area contributed by atoms with Crippen molar-refractivity contribution in [1.29, 1.82) is 0 Å². The summed E-state index contributed by atoms with van der Waals surface area (Å²) in [4.78, 5) is 8.25. The Bertz CT molecular complexity index is 747. The summed E-state index contributed by atoms with van der Waals surface area (Å²) in [6.07, 6.45) is 0.185. The maximum absolute atomic E-state index is 5.70. The molecule has 1 fully saturated rings. The van der Waals surface area contributed by atoms with E-state index in [9.17, 15) is 0 Å². The Morgan fingerprint density at radius 1 is 1.17 bits per heavy atom. The van der Waals surface area contributed by atoms with Crippen LogP contribution in [0.2, 0.25) is 0 Å². The van der Waals surface area contributed by atoms with E-state index in [0.717, 1.165) is 44.6 Å². The molecule has 1 aromatic heterocycles. The third-order valence-corrected chi connectivity index (χ3v) is 5.77. The fourth-order valence-electron chi connectivity index (χ4n) is 3.34. The number of hydrogen-bond acceptors (Lipinski definition) is 5. The Labute approximate surface area is 201 Å². The lowest BCUT2D eigenvalue weighted by Gasteiger charge is -2.34. The topological polar surface area (TPSA) is 58.1 Å². The first-order chi connectivity index (χ1) is 14.2. The number of nitrogens with zero attached hydrogens (tertiary/aromatic N) is 2. The molecule has 0 bridgehead atoms. The van der Waals surface area contributed by atoms with Gasteiger partial charge in [0.25, 0.3) is 0 Å². The summed E-state index contributed by atoms with van der Waals surface area (Å²) in [6, 6.07) is 12.8. The molecule has 1 unspecified atom stereocenters. The Morgan fingerprint density at radius 3 is 2.50 bits per heavy atom. The fraction of sp³-hybridized carbons (Fsp3) is 0.500. The van der Waals surface area contributed by atoms with Crippen LogP contribution in [0.25, 0.3) is 0 Å². The van der Waals surface area contributed by atoms with E-state index < -0.39 is 0 Å². The van der Waals surface area contributed by atoms with Gasteiger partial charge < -0.3 is 20.1 Å². The van der Waals surface area contributed by atoms with E-state index in [1.807, 2.05) is 33.0 Å². The summed E-state index contributed by atoms with van der Waals surface area (Å²) < 4.78 is 11.2. The van der Waals surface area contributed by atoms with Crippen LogP contribution in [-0.4, -0.2) is 56.9 Å². The van der Waals surface area contributed by atoms with Gasteiger partial charge in [0.1, 0.15) is 5.75 Å². The maximum Gasteiger partial charge on any atom is 0.191 e. The van der Waals surface area contributed by atoms with E-state index in [1.54, 1.807) is 11.3 Å². The number of hydrogen-bond donors (Lipinski definition) is 2. The first kappa shape index (κ1) is 24.9. The summed E-state index contributed by atoms with van der Waals surface area (Å²) >= 11 is 1.80. The summed E-state index contributed by atoms with van der Waals surface area (Å²) in [5.74, 6) is 1.71. The molecule has 2 N–H and O–H groups in total. The minimum Gasteiger partial charge on any atom is -0.491 e. The van der Waals surface area contributed by atoms with E-state index in [1.165, 1.54) is 10.4 Å². The quantitative estimate of drug-likeness (QED) is 0.300. The van der Waals surface area contributed by atoms with Crippen LogP contribution in [0.4, 0.5) is 0 Å². The van der Waals surface area contributed by atoms with Gasteiger partial charge in [-0.2, -0.15) is 0 Å². The zero-order valence-corrected chi connectivity index (χ0v) is 21.1. The Kier molecular flexibility index (Phi) is 10.9. The third kappa shape index (κ3) is 7.72. The van der Waals surface area contributed by atoms with Crippen molar-refractivity contribution in [1.82, 2.24) is 15.5 Å². The van der Waals surface area contributed by atoms with E-state index >= 15 is 0 Å². The van der Waals surface area contributed by atoms with Crippen LogP contribution < -0.4 is 15.4 Å². The number of rotatable bonds is 8. The van der Waals surface area contributed by atoms with Crippen molar-refractivity contribution >= 4 is 41.3 Å². The molecule has 0 radical (unpaired) electrons. The molecule has 0 spiro atoms. The maximum atomic E-state index is 5.70. The molecule has 166 valence electrons. The lowest BCUT2D eigenvalue weighted by Crippen LogP contribution is -2.46. The van der Waals surface area contributed by atoms with Gasteiger partial charge in [-0.15, -0.1) is 35.3 Å². The highest BCUT2D eigenvalue weighted by molar-refractivity contribution is 14.0. The molecule has 6 nitrogen and oxygen atoms in total. The molecule has 1 aromatic carbocycles. The highest BCUT2D eigenvalue weighted by Crippen LogP contribution is 2.25. The van der Waals surface area contributed by atoms with Crippen LogP contribution in [0.3, 0.4) is 0 Å². The first-order valence-corrected chi connectivity index (χ1v) is 11.1. The van der Waals surface area contributed by atoms with Crippen molar-refractivity contribution in [2.45, 2.75) is 32.5 Å². The van der Waals surface area contributed by atoms with Crippen molar-refractivity contribution in [3.05, 3.63) is 52.2 Å². The van der Waals surface area contributed by atoms with Gasteiger partial charge in [0.2, 0.25) is 0 Å². The highest BCUT2D eigenvalue weighted by atomic mass is 127. The summed E-state index contributed by atoms with van der Waals surface area (Å²) in [5.41, 5.74) is 1.19. The normalized spacial score (nSPS) is 16.1. The number of halogens is 1. The number of thiophene rings is 1. The molecule has 0 amide bonds. The second-order valence-corrected chi connectivity index (χ2v) is 8.28. The Hall–Kier alpha value is -1.36. The average molecular weight is 545 g/mol. The van der Waals surface area contributed by atoms with Gasteiger partial charge in [-0.25, -0.2) is 0 Å². The van der Waals surface area contributed by atoms with Gasteiger partial charge in [-0.05, 0) is 43.0 Å². The number of guanidine groups is 1. The molecule has 2 heterocycles. The molecule has 0 aliphatic carbocycles.